The lowest BCUT2D eigenvalue weighted by molar-refractivity contribution is -0.137. The van der Waals surface area contributed by atoms with Crippen LogP contribution < -0.4 is 0 Å². The van der Waals surface area contributed by atoms with Crippen molar-refractivity contribution >= 4 is 68.8 Å². The monoisotopic (exact) mass is 434 g/mol. The van der Waals surface area contributed by atoms with Crippen LogP contribution in [0, 0.1) is 6.92 Å². The molecule has 1 saturated heterocycles. The van der Waals surface area contributed by atoms with E-state index >= 15 is 0 Å². The number of hydrogen-bond acceptors (Lipinski definition) is 5. The van der Waals surface area contributed by atoms with E-state index in [0.29, 0.717) is 39.3 Å². The Kier molecular flexibility index (Phi) is 6.69. The fraction of sp³-hybridized carbons (Fsp3) is 0.300. The number of benzene rings is 1. The van der Waals surface area contributed by atoms with Crippen LogP contribution in [0.4, 0.5) is 0 Å². The summed E-state index contributed by atoms with van der Waals surface area (Å²) in [4.78, 5) is 29.8. The third kappa shape index (κ3) is 4.90. The zero-order valence-electron chi connectivity index (χ0n) is 15.3. The number of carboxylic acid groups (broad SMARTS) is 1. The maximum atomic E-state index is 12.7. The van der Waals surface area contributed by atoms with Crippen LogP contribution >= 0.6 is 35.6 Å². The summed E-state index contributed by atoms with van der Waals surface area (Å²) in [6.45, 7) is 2.49. The maximum Gasteiger partial charge on any atom is 0.303 e. The van der Waals surface area contributed by atoms with Gasteiger partial charge in [0.25, 0.3) is 5.91 Å². The van der Waals surface area contributed by atoms with Crippen LogP contribution in [-0.4, -0.2) is 37.7 Å². The van der Waals surface area contributed by atoms with Crippen LogP contribution in [0.3, 0.4) is 0 Å². The summed E-state index contributed by atoms with van der Waals surface area (Å²) in [7, 11) is 0. The SMILES string of the molecule is Cc1ccc2cc(C=C3SC(=S)N(CCCCCC(=O)O)C3=O)c(Cl)nc2c1. The third-order valence-corrected chi connectivity index (χ3v) is 6.07. The van der Waals surface area contributed by atoms with Gasteiger partial charge in [-0.1, -0.05) is 54.1 Å². The average Bonchev–Trinajstić information content (AvgIpc) is 2.89. The number of aromatic nitrogens is 1. The summed E-state index contributed by atoms with van der Waals surface area (Å²) in [5.74, 6) is -0.946. The van der Waals surface area contributed by atoms with Crippen molar-refractivity contribution in [3.8, 4) is 0 Å². The first-order valence-corrected chi connectivity index (χ1v) is 10.5. The van der Waals surface area contributed by atoms with E-state index < -0.39 is 5.97 Å². The van der Waals surface area contributed by atoms with Crippen molar-refractivity contribution in [3.05, 3.63) is 45.5 Å². The highest BCUT2D eigenvalue weighted by atomic mass is 35.5. The number of aliphatic carboxylic acids is 1. The Bertz CT molecular complexity index is 991. The van der Waals surface area contributed by atoms with E-state index in [0.717, 1.165) is 22.9 Å². The summed E-state index contributed by atoms with van der Waals surface area (Å²) >= 11 is 12.9. The predicted octanol–water partition coefficient (Wildman–Crippen LogP) is 5.04. The van der Waals surface area contributed by atoms with Gasteiger partial charge in [-0.15, -0.1) is 0 Å². The number of carbonyl (C=O) groups is 2. The number of carbonyl (C=O) groups excluding carboxylic acids is 1. The van der Waals surface area contributed by atoms with Crippen LogP contribution in [-0.2, 0) is 9.59 Å². The van der Waals surface area contributed by atoms with Gasteiger partial charge in [-0.2, -0.15) is 0 Å². The van der Waals surface area contributed by atoms with Crippen molar-refractivity contribution < 1.29 is 14.7 Å². The summed E-state index contributed by atoms with van der Waals surface area (Å²) < 4.78 is 0.509. The fourth-order valence-electron chi connectivity index (χ4n) is 2.93. The number of hydrogen-bond donors (Lipinski definition) is 1. The molecule has 146 valence electrons. The topological polar surface area (TPSA) is 70.5 Å². The van der Waals surface area contributed by atoms with Gasteiger partial charge in [0.15, 0.2) is 0 Å². The van der Waals surface area contributed by atoms with E-state index in [1.807, 2.05) is 31.2 Å². The number of thiocarbonyl (C=S) groups is 1. The smallest absolute Gasteiger partial charge is 0.303 e. The molecule has 2 heterocycles. The van der Waals surface area contributed by atoms with Crippen molar-refractivity contribution in [3.63, 3.8) is 0 Å². The summed E-state index contributed by atoms with van der Waals surface area (Å²) in [5.41, 5.74) is 2.60. The van der Waals surface area contributed by atoms with Gasteiger partial charge in [-0.3, -0.25) is 14.5 Å². The number of unbranched alkanes of at least 4 members (excludes halogenated alkanes) is 2. The minimum atomic E-state index is -0.801. The van der Waals surface area contributed by atoms with Crippen molar-refractivity contribution in [2.45, 2.75) is 32.6 Å². The molecule has 28 heavy (non-hydrogen) atoms. The Morgan fingerprint density at radius 3 is 2.86 bits per heavy atom. The van der Waals surface area contributed by atoms with Gasteiger partial charge in [-0.25, -0.2) is 4.98 Å². The lowest BCUT2D eigenvalue weighted by Gasteiger charge is -2.13. The van der Waals surface area contributed by atoms with Crippen molar-refractivity contribution in [1.82, 2.24) is 9.88 Å². The minimum Gasteiger partial charge on any atom is -0.481 e. The molecule has 1 N–H and O–H groups in total. The van der Waals surface area contributed by atoms with E-state index in [2.05, 4.69) is 4.98 Å². The van der Waals surface area contributed by atoms with Crippen molar-refractivity contribution in [1.29, 1.82) is 0 Å². The van der Waals surface area contributed by atoms with Gasteiger partial charge < -0.3 is 5.11 Å². The number of fused-ring (bicyclic) bond motifs is 1. The number of thioether (sulfide) groups is 1. The molecule has 8 heteroatoms. The second-order valence-electron chi connectivity index (χ2n) is 6.60. The fourth-order valence-corrected chi connectivity index (χ4v) is 4.43. The molecule has 0 unspecified atom stereocenters. The molecule has 1 aromatic heterocycles. The summed E-state index contributed by atoms with van der Waals surface area (Å²) in [6, 6.07) is 7.87. The van der Waals surface area contributed by atoms with Crippen LogP contribution in [0.15, 0.2) is 29.2 Å². The molecule has 0 bridgehead atoms. The second-order valence-corrected chi connectivity index (χ2v) is 8.64. The Labute approximate surface area is 177 Å². The summed E-state index contributed by atoms with van der Waals surface area (Å²) in [5, 5.41) is 9.97. The van der Waals surface area contributed by atoms with E-state index in [4.69, 9.17) is 28.9 Å². The highest BCUT2D eigenvalue weighted by molar-refractivity contribution is 8.26. The van der Waals surface area contributed by atoms with Crippen LogP contribution in [0.5, 0.6) is 0 Å². The van der Waals surface area contributed by atoms with Gasteiger partial charge >= 0.3 is 5.97 Å². The quantitative estimate of drug-likeness (QED) is 0.285. The minimum absolute atomic E-state index is 0.144. The molecular formula is C20H19ClN2O3S2. The van der Waals surface area contributed by atoms with Gasteiger partial charge in [0.05, 0.1) is 10.4 Å². The van der Waals surface area contributed by atoms with E-state index in [9.17, 15) is 9.59 Å². The van der Waals surface area contributed by atoms with E-state index in [1.165, 1.54) is 11.8 Å². The Morgan fingerprint density at radius 2 is 2.11 bits per heavy atom. The number of nitrogens with zero attached hydrogens (tertiary/aromatic N) is 2. The number of rotatable bonds is 7. The Balaban J connectivity index is 1.72. The van der Waals surface area contributed by atoms with Crippen molar-refractivity contribution in [2.24, 2.45) is 0 Å². The third-order valence-electron chi connectivity index (χ3n) is 4.39. The number of aryl methyl sites for hydroxylation is 1. The lowest BCUT2D eigenvalue weighted by atomic mass is 10.1. The molecule has 0 aliphatic carbocycles. The van der Waals surface area contributed by atoms with Gasteiger partial charge in [0.1, 0.15) is 9.47 Å². The number of halogens is 1. The average molecular weight is 435 g/mol. The molecule has 2 aromatic rings. The van der Waals surface area contributed by atoms with Crippen LogP contribution in [0.25, 0.3) is 17.0 Å². The zero-order valence-corrected chi connectivity index (χ0v) is 17.7. The number of carboxylic acids is 1. The number of pyridine rings is 1. The van der Waals surface area contributed by atoms with Gasteiger partial charge in [0.2, 0.25) is 0 Å². The maximum absolute atomic E-state index is 12.7. The first-order valence-electron chi connectivity index (χ1n) is 8.89. The van der Waals surface area contributed by atoms with Gasteiger partial charge in [0, 0.05) is 23.9 Å². The Hall–Kier alpha value is -1.96. The molecule has 1 aliphatic rings. The first kappa shape index (κ1) is 20.8. The number of amides is 1. The zero-order chi connectivity index (χ0) is 20.3. The first-order chi connectivity index (χ1) is 13.3. The highest BCUT2D eigenvalue weighted by Gasteiger charge is 2.31. The molecule has 0 radical (unpaired) electrons. The highest BCUT2D eigenvalue weighted by Crippen LogP contribution is 2.34. The molecule has 1 aliphatic heterocycles. The molecule has 3 rings (SSSR count). The van der Waals surface area contributed by atoms with E-state index in [-0.39, 0.29) is 12.3 Å². The standard InChI is InChI=1S/C20H19ClN2O3S2/c1-12-6-7-13-10-14(18(21)22-15(13)9-12)11-16-19(26)23(20(27)28-16)8-4-2-3-5-17(24)25/h6-7,9-11H,2-5,8H2,1H3,(H,24,25). The molecular weight excluding hydrogens is 416 g/mol. The van der Waals surface area contributed by atoms with Gasteiger partial charge in [-0.05, 0) is 43.5 Å². The van der Waals surface area contributed by atoms with Crippen molar-refractivity contribution in [2.75, 3.05) is 6.54 Å². The largest absolute Gasteiger partial charge is 0.481 e. The lowest BCUT2D eigenvalue weighted by Crippen LogP contribution is -2.29. The predicted molar refractivity (Wildman–Crippen MR) is 117 cm³/mol. The molecule has 0 spiro atoms. The molecule has 0 atom stereocenters. The molecule has 1 aromatic carbocycles. The summed E-state index contributed by atoms with van der Waals surface area (Å²) in [6.07, 6.45) is 3.92. The molecule has 1 fully saturated rings. The normalized spacial score (nSPS) is 15.8. The van der Waals surface area contributed by atoms with Crippen LogP contribution in [0.1, 0.15) is 36.8 Å². The van der Waals surface area contributed by atoms with Crippen LogP contribution in [0.2, 0.25) is 5.15 Å². The molecule has 1 amide bonds. The molecule has 0 saturated carbocycles. The Morgan fingerprint density at radius 1 is 1.32 bits per heavy atom. The van der Waals surface area contributed by atoms with E-state index in [1.54, 1.807) is 11.0 Å². The molecule has 5 nitrogen and oxygen atoms in total. The second kappa shape index (κ2) is 9.03.